The number of carbonyl (C=O) groups is 1. The van der Waals surface area contributed by atoms with Crippen molar-refractivity contribution in [3.63, 3.8) is 0 Å². The van der Waals surface area contributed by atoms with E-state index in [9.17, 15) is 4.79 Å². The van der Waals surface area contributed by atoms with Gasteiger partial charge in [0.25, 0.3) is 5.91 Å². The normalized spacial score (nSPS) is 11.8. The predicted molar refractivity (Wildman–Crippen MR) is 114 cm³/mol. The number of para-hydroxylation sites is 1. The summed E-state index contributed by atoms with van der Waals surface area (Å²) in [7, 11) is 1.88. The van der Waals surface area contributed by atoms with Gasteiger partial charge in [0.15, 0.2) is 5.75 Å². The lowest BCUT2D eigenvalue weighted by molar-refractivity contribution is 0.100. The lowest BCUT2D eigenvalue weighted by atomic mass is 10.0. The number of hydrogen-bond donors (Lipinski definition) is 3. The lowest BCUT2D eigenvalue weighted by Gasteiger charge is -2.22. The topological polar surface area (TPSA) is 133 Å². The second kappa shape index (κ2) is 7.41. The molecule has 154 valence electrons. The summed E-state index contributed by atoms with van der Waals surface area (Å²) < 4.78 is 7.81. The molecule has 4 aromatic rings. The van der Waals surface area contributed by atoms with Crippen LogP contribution in [0.5, 0.6) is 5.75 Å². The first kappa shape index (κ1) is 18.6. The fraction of sp³-hybridized carbons (Fsp3) is 0.0952. The minimum atomic E-state index is -0.646. The predicted octanol–water partition coefficient (Wildman–Crippen LogP) is 2.75. The van der Waals surface area contributed by atoms with Crippen molar-refractivity contribution in [3.8, 4) is 16.9 Å². The number of ether oxygens (including phenoxy) is 1. The summed E-state index contributed by atoms with van der Waals surface area (Å²) in [6.07, 6.45) is 4.84. The Morgan fingerprint density at radius 3 is 2.81 bits per heavy atom. The third kappa shape index (κ3) is 3.39. The first-order valence-corrected chi connectivity index (χ1v) is 9.49. The van der Waals surface area contributed by atoms with Gasteiger partial charge >= 0.3 is 0 Å². The van der Waals surface area contributed by atoms with Crippen molar-refractivity contribution in [2.45, 2.75) is 6.61 Å². The Hall–Kier alpha value is -4.47. The van der Waals surface area contributed by atoms with Gasteiger partial charge in [0, 0.05) is 30.6 Å². The molecular formula is C21H18N8O2. The van der Waals surface area contributed by atoms with E-state index in [0.717, 1.165) is 16.8 Å². The van der Waals surface area contributed by atoms with Crippen LogP contribution in [0.2, 0.25) is 0 Å². The van der Waals surface area contributed by atoms with Gasteiger partial charge in [0.05, 0.1) is 17.6 Å². The van der Waals surface area contributed by atoms with Gasteiger partial charge in [-0.1, -0.05) is 18.2 Å². The molecule has 0 atom stereocenters. The number of aromatic nitrogens is 5. The van der Waals surface area contributed by atoms with Crippen LogP contribution in [0, 0.1) is 0 Å². The van der Waals surface area contributed by atoms with E-state index >= 15 is 0 Å². The van der Waals surface area contributed by atoms with Gasteiger partial charge in [-0.15, -0.1) is 0 Å². The van der Waals surface area contributed by atoms with Crippen LogP contribution < -0.4 is 21.1 Å². The number of rotatable bonds is 5. The van der Waals surface area contributed by atoms with Gasteiger partial charge in [-0.2, -0.15) is 10.1 Å². The highest BCUT2D eigenvalue weighted by molar-refractivity contribution is 5.98. The zero-order chi connectivity index (χ0) is 21.4. The molecule has 1 amide bonds. The second-order valence-corrected chi connectivity index (χ2v) is 6.88. The highest BCUT2D eigenvalue weighted by Crippen LogP contribution is 2.43. The van der Waals surface area contributed by atoms with Gasteiger partial charge in [-0.05, 0) is 18.2 Å². The molecule has 1 aliphatic heterocycles. The van der Waals surface area contributed by atoms with Gasteiger partial charge in [0.1, 0.15) is 23.8 Å². The molecule has 10 nitrogen and oxygen atoms in total. The number of aryl methyl sites for hydroxylation is 1. The fourth-order valence-corrected chi connectivity index (χ4v) is 3.40. The van der Waals surface area contributed by atoms with Gasteiger partial charge < -0.3 is 21.1 Å². The van der Waals surface area contributed by atoms with Crippen molar-refractivity contribution < 1.29 is 9.53 Å². The van der Waals surface area contributed by atoms with Crippen molar-refractivity contribution in [2.75, 3.05) is 10.6 Å². The number of carbonyl (C=O) groups excluding carboxylic acids is 1. The summed E-state index contributed by atoms with van der Waals surface area (Å²) in [4.78, 5) is 24.8. The summed E-state index contributed by atoms with van der Waals surface area (Å²) >= 11 is 0. The number of amides is 1. The number of benzene rings is 1. The van der Waals surface area contributed by atoms with E-state index in [-0.39, 0.29) is 17.3 Å². The van der Waals surface area contributed by atoms with E-state index in [2.05, 4.69) is 30.7 Å². The summed E-state index contributed by atoms with van der Waals surface area (Å²) in [5.41, 5.74) is 9.24. The molecule has 0 spiro atoms. The van der Waals surface area contributed by atoms with Crippen LogP contribution in [-0.2, 0) is 13.7 Å². The minimum absolute atomic E-state index is 0.155. The molecule has 0 saturated carbocycles. The largest absolute Gasteiger partial charge is 0.484 e. The van der Waals surface area contributed by atoms with E-state index < -0.39 is 5.91 Å². The average molecular weight is 414 g/mol. The molecule has 4 N–H and O–H groups in total. The molecule has 4 heterocycles. The number of fused-ring (bicyclic) bond motifs is 3. The Kier molecular flexibility index (Phi) is 4.43. The number of pyridine rings is 1. The Labute approximate surface area is 177 Å². The quantitative estimate of drug-likeness (QED) is 0.454. The molecule has 0 radical (unpaired) electrons. The van der Waals surface area contributed by atoms with Gasteiger partial charge in [-0.25, -0.2) is 9.97 Å². The van der Waals surface area contributed by atoms with Crippen LogP contribution in [0.3, 0.4) is 0 Å². The standard InChI is InChI=1S/C21H18N8O2/c1-29-16-11-31-18-12(13(16)10-25-29)5-4-6-15(18)26-20-14(19(22)30)9-24-21(28-20)27-17-7-2-3-8-23-17/h2-10H,11H2,1H3,(H2,22,30)(H2,23,24,26,27,28). The molecule has 10 heteroatoms. The van der Waals surface area contributed by atoms with Gasteiger partial charge in [-0.3, -0.25) is 9.48 Å². The van der Waals surface area contributed by atoms with Crippen LogP contribution in [0.15, 0.2) is 55.0 Å². The van der Waals surface area contributed by atoms with E-state index in [1.165, 1.54) is 6.20 Å². The second-order valence-electron chi connectivity index (χ2n) is 6.88. The lowest BCUT2D eigenvalue weighted by Crippen LogP contribution is -2.16. The summed E-state index contributed by atoms with van der Waals surface area (Å²) in [6, 6.07) is 11.1. The first-order chi connectivity index (χ1) is 15.1. The molecule has 3 aromatic heterocycles. The van der Waals surface area contributed by atoms with E-state index in [4.69, 9.17) is 10.5 Å². The molecule has 31 heavy (non-hydrogen) atoms. The van der Waals surface area contributed by atoms with E-state index in [0.29, 0.717) is 23.9 Å². The number of nitrogens with one attached hydrogen (secondary N) is 2. The van der Waals surface area contributed by atoms with Crippen LogP contribution >= 0.6 is 0 Å². The molecule has 0 unspecified atom stereocenters. The monoisotopic (exact) mass is 414 g/mol. The maximum atomic E-state index is 12.0. The summed E-state index contributed by atoms with van der Waals surface area (Å²) in [6.45, 7) is 0.385. The highest BCUT2D eigenvalue weighted by atomic mass is 16.5. The zero-order valence-electron chi connectivity index (χ0n) is 16.5. The van der Waals surface area contributed by atoms with Crippen molar-refractivity contribution in [1.82, 2.24) is 24.7 Å². The Bertz CT molecular complexity index is 1290. The maximum Gasteiger partial charge on any atom is 0.254 e. The van der Waals surface area contributed by atoms with Crippen molar-refractivity contribution >= 4 is 29.2 Å². The van der Waals surface area contributed by atoms with Crippen LogP contribution in [-0.4, -0.2) is 30.6 Å². The molecule has 0 aliphatic carbocycles. The summed E-state index contributed by atoms with van der Waals surface area (Å²) in [5, 5.41) is 10.5. The smallest absolute Gasteiger partial charge is 0.254 e. The number of hydrogen-bond acceptors (Lipinski definition) is 8. The summed E-state index contributed by atoms with van der Waals surface area (Å²) in [5.74, 6) is 1.11. The fourth-order valence-electron chi connectivity index (χ4n) is 3.40. The molecule has 1 aromatic carbocycles. The maximum absolute atomic E-state index is 12.0. The molecule has 1 aliphatic rings. The molecule has 0 bridgehead atoms. The number of nitrogens with zero attached hydrogens (tertiary/aromatic N) is 5. The van der Waals surface area contributed by atoms with E-state index in [1.54, 1.807) is 23.0 Å². The third-order valence-corrected chi connectivity index (χ3v) is 4.93. The Morgan fingerprint density at radius 2 is 2.00 bits per heavy atom. The van der Waals surface area contributed by atoms with Crippen LogP contribution in [0.25, 0.3) is 11.1 Å². The molecular weight excluding hydrogens is 396 g/mol. The number of nitrogens with two attached hydrogens (primary N) is 1. The van der Waals surface area contributed by atoms with Crippen molar-refractivity contribution in [3.05, 3.63) is 66.2 Å². The Balaban J connectivity index is 1.53. The number of anilines is 4. The zero-order valence-corrected chi connectivity index (χ0v) is 16.5. The molecule has 0 saturated heterocycles. The first-order valence-electron chi connectivity index (χ1n) is 9.49. The van der Waals surface area contributed by atoms with Crippen molar-refractivity contribution in [1.29, 1.82) is 0 Å². The molecule has 5 rings (SSSR count). The Morgan fingerprint density at radius 1 is 1.10 bits per heavy atom. The van der Waals surface area contributed by atoms with Crippen LogP contribution in [0.1, 0.15) is 16.1 Å². The van der Waals surface area contributed by atoms with Gasteiger partial charge in [0.2, 0.25) is 5.95 Å². The van der Waals surface area contributed by atoms with Crippen molar-refractivity contribution in [2.24, 2.45) is 12.8 Å². The van der Waals surface area contributed by atoms with Crippen LogP contribution in [0.4, 0.5) is 23.3 Å². The average Bonchev–Trinajstić information content (AvgIpc) is 3.16. The number of primary amides is 1. The van der Waals surface area contributed by atoms with E-state index in [1.807, 2.05) is 37.5 Å². The SMILES string of the molecule is Cn1ncc2c1COc1c(Nc3nc(Nc4ccccn4)ncc3C(N)=O)cccc1-2. The third-order valence-electron chi connectivity index (χ3n) is 4.93. The minimum Gasteiger partial charge on any atom is -0.484 e. The highest BCUT2D eigenvalue weighted by Gasteiger charge is 2.24. The molecule has 0 fully saturated rings.